The highest BCUT2D eigenvalue weighted by Crippen LogP contribution is 2.27. The molecular formula is C17H18FN3. The molecule has 3 rings (SSSR count). The van der Waals surface area contributed by atoms with Gasteiger partial charge in [-0.2, -0.15) is 0 Å². The molecule has 1 aromatic carbocycles. The van der Waals surface area contributed by atoms with E-state index >= 15 is 0 Å². The van der Waals surface area contributed by atoms with E-state index in [0.29, 0.717) is 18.6 Å². The van der Waals surface area contributed by atoms with Gasteiger partial charge in [-0.05, 0) is 30.7 Å². The van der Waals surface area contributed by atoms with E-state index in [1.807, 2.05) is 6.20 Å². The average Bonchev–Trinajstić information content (AvgIpc) is 2.87. The number of pyridine rings is 1. The molecular weight excluding hydrogens is 265 g/mol. The number of benzene rings is 1. The monoisotopic (exact) mass is 283 g/mol. The van der Waals surface area contributed by atoms with E-state index in [9.17, 15) is 4.39 Å². The summed E-state index contributed by atoms with van der Waals surface area (Å²) >= 11 is 0. The van der Waals surface area contributed by atoms with E-state index in [4.69, 9.17) is 5.73 Å². The first-order chi connectivity index (χ1) is 10.2. The van der Waals surface area contributed by atoms with Crippen LogP contribution in [0.4, 0.5) is 4.39 Å². The summed E-state index contributed by atoms with van der Waals surface area (Å²) in [5.41, 5.74) is 10.1. The molecule has 21 heavy (non-hydrogen) atoms. The number of fused-ring (bicyclic) bond motifs is 1. The molecule has 108 valence electrons. The first-order valence-corrected chi connectivity index (χ1v) is 7.19. The highest BCUT2D eigenvalue weighted by molar-refractivity contribution is 5.68. The third-order valence-corrected chi connectivity index (χ3v) is 3.69. The molecule has 0 amide bonds. The lowest BCUT2D eigenvalue weighted by molar-refractivity contribution is 0.630. The first-order valence-electron chi connectivity index (χ1n) is 7.19. The van der Waals surface area contributed by atoms with Crippen LogP contribution in [-0.2, 0) is 12.8 Å². The zero-order valence-electron chi connectivity index (χ0n) is 12.0. The number of aromatic nitrogens is 2. The molecule has 0 aliphatic heterocycles. The van der Waals surface area contributed by atoms with Gasteiger partial charge in [-0.3, -0.25) is 4.40 Å². The molecule has 3 aromatic rings. The molecule has 0 bridgehead atoms. The summed E-state index contributed by atoms with van der Waals surface area (Å²) in [6, 6.07) is 11.4. The molecule has 0 atom stereocenters. The minimum absolute atomic E-state index is 0.313. The average molecular weight is 283 g/mol. The van der Waals surface area contributed by atoms with Gasteiger partial charge in [0.1, 0.15) is 0 Å². The van der Waals surface area contributed by atoms with Crippen LogP contribution in [0.1, 0.15) is 18.2 Å². The van der Waals surface area contributed by atoms with Crippen molar-refractivity contribution in [1.29, 1.82) is 0 Å². The highest BCUT2D eigenvalue weighted by atomic mass is 19.1. The summed E-state index contributed by atoms with van der Waals surface area (Å²) in [7, 11) is 0. The molecule has 0 aliphatic carbocycles. The lowest BCUT2D eigenvalue weighted by Crippen LogP contribution is -2.04. The predicted octanol–water partition coefficient (Wildman–Crippen LogP) is 3.20. The summed E-state index contributed by atoms with van der Waals surface area (Å²) in [6.07, 6.45) is 3.47. The second kappa shape index (κ2) is 5.66. The van der Waals surface area contributed by atoms with E-state index < -0.39 is 0 Å². The molecule has 0 saturated carbocycles. The molecule has 2 aromatic heterocycles. The van der Waals surface area contributed by atoms with Gasteiger partial charge in [0.25, 0.3) is 0 Å². The molecule has 0 radical (unpaired) electrons. The quantitative estimate of drug-likeness (QED) is 0.799. The van der Waals surface area contributed by atoms with E-state index in [2.05, 4.69) is 36.2 Å². The van der Waals surface area contributed by atoms with Crippen molar-refractivity contribution in [2.24, 2.45) is 5.73 Å². The van der Waals surface area contributed by atoms with Crippen molar-refractivity contribution >= 4 is 5.65 Å². The van der Waals surface area contributed by atoms with Crippen LogP contribution in [0, 0.1) is 5.82 Å². The molecule has 4 heteroatoms. The van der Waals surface area contributed by atoms with E-state index in [-0.39, 0.29) is 5.82 Å². The Morgan fingerprint density at radius 3 is 2.62 bits per heavy atom. The van der Waals surface area contributed by atoms with E-state index in [1.54, 1.807) is 10.5 Å². The Kier molecular flexibility index (Phi) is 3.71. The summed E-state index contributed by atoms with van der Waals surface area (Å²) in [6.45, 7) is 2.62. The Balaban J connectivity index is 2.22. The van der Waals surface area contributed by atoms with Crippen LogP contribution in [0.5, 0.6) is 0 Å². The van der Waals surface area contributed by atoms with Crippen LogP contribution in [-0.4, -0.2) is 15.9 Å². The molecule has 0 fully saturated rings. The Labute approximate surface area is 123 Å². The van der Waals surface area contributed by atoms with Crippen molar-refractivity contribution in [2.45, 2.75) is 19.8 Å². The Bertz CT molecular complexity index is 760. The SMILES string of the molecule is CCc1ccc(-c2c(CCN)nc3c(F)cccn23)cc1. The molecule has 3 nitrogen and oxygen atoms in total. The maximum atomic E-state index is 13.9. The van der Waals surface area contributed by atoms with Crippen LogP contribution in [0.25, 0.3) is 16.9 Å². The standard InChI is InChI=1S/C17H18FN3/c1-2-12-5-7-13(8-6-12)16-15(9-10-19)20-17-14(18)4-3-11-21(16)17/h3-8,11H,2,9-10,19H2,1H3. The third-order valence-electron chi connectivity index (χ3n) is 3.69. The maximum absolute atomic E-state index is 13.9. The van der Waals surface area contributed by atoms with Gasteiger partial charge in [-0.1, -0.05) is 31.2 Å². The normalized spacial score (nSPS) is 11.2. The third kappa shape index (κ3) is 2.43. The van der Waals surface area contributed by atoms with E-state index in [0.717, 1.165) is 23.4 Å². The Morgan fingerprint density at radius 2 is 1.95 bits per heavy atom. The minimum atomic E-state index is -0.313. The zero-order valence-corrected chi connectivity index (χ0v) is 12.0. The largest absolute Gasteiger partial charge is 0.330 e. The number of aryl methyl sites for hydroxylation is 1. The fourth-order valence-electron chi connectivity index (χ4n) is 2.60. The Hall–Kier alpha value is -2.20. The second-order valence-electron chi connectivity index (χ2n) is 5.05. The zero-order chi connectivity index (χ0) is 14.8. The van der Waals surface area contributed by atoms with Gasteiger partial charge in [-0.15, -0.1) is 0 Å². The number of hydrogen-bond donors (Lipinski definition) is 1. The summed E-state index contributed by atoms with van der Waals surface area (Å²) in [5, 5.41) is 0. The smallest absolute Gasteiger partial charge is 0.173 e. The number of hydrogen-bond acceptors (Lipinski definition) is 2. The number of rotatable bonds is 4. The summed E-state index contributed by atoms with van der Waals surface area (Å²) < 4.78 is 15.7. The molecule has 0 unspecified atom stereocenters. The molecule has 0 spiro atoms. The van der Waals surface area contributed by atoms with Gasteiger partial charge >= 0.3 is 0 Å². The van der Waals surface area contributed by atoms with Gasteiger partial charge < -0.3 is 5.73 Å². The van der Waals surface area contributed by atoms with Crippen molar-refractivity contribution in [3.8, 4) is 11.3 Å². The van der Waals surface area contributed by atoms with Crippen molar-refractivity contribution in [3.05, 3.63) is 59.7 Å². The number of imidazole rings is 1. The van der Waals surface area contributed by atoms with Gasteiger partial charge in [0.2, 0.25) is 0 Å². The lowest BCUT2D eigenvalue weighted by Gasteiger charge is -2.06. The van der Waals surface area contributed by atoms with Gasteiger partial charge in [0.15, 0.2) is 11.5 Å². The number of halogens is 1. The topological polar surface area (TPSA) is 43.3 Å². The fourth-order valence-corrected chi connectivity index (χ4v) is 2.60. The van der Waals surface area contributed by atoms with Crippen molar-refractivity contribution < 1.29 is 4.39 Å². The van der Waals surface area contributed by atoms with Gasteiger partial charge in [0, 0.05) is 18.2 Å². The van der Waals surface area contributed by atoms with Crippen molar-refractivity contribution in [3.63, 3.8) is 0 Å². The predicted molar refractivity (Wildman–Crippen MR) is 82.7 cm³/mol. The van der Waals surface area contributed by atoms with E-state index in [1.165, 1.54) is 11.6 Å². The number of nitrogens with zero attached hydrogens (tertiary/aromatic N) is 2. The fraction of sp³-hybridized carbons (Fsp3) is 0.235. The summed E-state index contributed by atoms with van der Waals surface area (Å²) in [4.78, 5) is 4.43. The number of nitrogens with two attached hydrogens (primary N) is 1. The molecule has 0 saturated heterocycles. The molecule has 0 aliphatic rings. The summed E-state index contributed by atoms with van der Waals surface area (Å²) in [5.74, 6) is -0.313. The van der Waals surface area contributed by atoms with Gasteiger partial charge in [0.05, 0.1) is 11.4 Å². The van der Waals surface area contributed by atoms with Crippen LogP contribution in [0.3, 0.4) is 0 Å². The van der Waals surface area contributed by atoms with Crippen LogP contribution in [0.15, 0.2) is 42.6 Å². The Morgan fingerprint density at radius 1 is 1.19 bits per heavy atom. The minimum Gasteiger partial charge on any atom is -0.330 e. The van der Waals surface area contributed by atoms with Crippen LogP contribution in [0.2, 0.25) is 0 Å². The van der Waals surface area contributed by atoms with Crippen molar-refractivity contribution in [1.82, 2.24) is 9.38 Å². The second-order valence-corrected chi connectivity index (χ2v) is 5.05. The molecule has 2 heterocycles. The van der Waals surface area contributed by atoms with Gasteiger partial charge in [-0.25, -0.2) is 9.37 Å². The first kappa shape index (κ1) is 13.8. The molecule has 2 N–H and O–H groups in total. The highest BCUT2D eigenvalue weighted by Gasteiger charge is 2.15. The van der Waals surface area contributed by atoms with Crippen LogP contribution < -0.4 is 5.73 Å². The lowest BCUT2D eigenvalue weighted by atomic mass is 10.1. The maximum Gasteiger partial charge on any atom is 0.173 e. The van der Waals surface area contributed by atoms with Crippen LogP contribution >= 0.6 is 0 Å². The van der Waals surface area contributed by atoms with Crippen molar-refractivity contribution in [2.75, 3.05) is 6.54 Å².